The van der Waals surface area contributed by atoms with Gasteiger partial charge >= 0.3 is 6.18 Å². The first-order chi connectivity index (χ1) is 9.32. The van der Waals surface area contributed by atoms with Crippen LogP contribution in [-0.4, -0.2) is 14.9 Å². The molecule has 106 valence electrons. The van der Waals surface area contributed by atoms with E-state index in [9.17, 15) is 18.0 Å². The van der Waals surface area contributed by atoms with Gasteiger partial charge in [0, 0.05) is 11.8 Å². The van der Waals surface area contributed by atoms with E-state index in [4.69, 9.17) is 5.11 Å². The minimum atomic E-state index is -4.40. The van der Waals surface area contributed by atoms with Gasteiger partial charge < -0.3 is 5.11 Å². The van der Waals surface area contributed by atoms with Crippen LogP contribution >= 0.6 is 0 Å². The Hall–Kier alpha value is -2.15. The first-order valence-corrected chi connectivity index (χ1v) is 5.71. The van der Waals surface area contributed by atoms with Crippen LogP contribution in [0.25, 0.3) is 5.69 Å². The van der Waals surface area contributed by atoms with Gasteiger partial charge in [0.15, 0.2) is 0 Å². The molecule has 7 heteroatoms. The molecule has 2 rings (SSSR count). The molecule has 0 aliphatic heterocycles. The van der Waals surface area contributed by atoms with Crippen molar-refractivity contribution in [1.29, 1.82) is 0 Å². The average molecular weight is 284 g/mol. The van der Waals surface area contributed by atoms with Gasteiger partial charge in [0.1, 0.15) is 5.69 Å². The van der Waals surface area contributed by atoms with Crippen molar-refractivity contribution in [1.82, 2.24) is 9.78 Å². The van der Waals surface area contributed by atoms with E-state index in [-0.39, 0.29) is 5.69 Å². The Bertz CT molecular complexity index is 675. The molecule has 1 aromatic heterocycles. The summed E-state index contributed by atoms with van der Waals surface area (Å²) in [5.41, 5.74) is -0.386. The van der Waals surface area contributed by atoms with Crippen LogP contribution in [-0.2, 0) is 12.8 Å². The van der Waals surface area contributed by atoms with Gasteiger partial charge in [-0.05, 0) is 31.2 Å². The van der Waals surface area contributed by atoms with E-state index < -0.39 is 23.8 Å². The summed E-state index contributed by atoms with van der Waals surface area (Å²) in [5.74, 6) is 0. The lowest BCUT2D eigenvalue weighted by Gasteiger charge is -2.12. The second-order valence-electron chi connectivity index (χ2n) is 4.21. The number of halogens is 3. The Kier molecular flexibility index (Phi) is 3.63. The maximum atomic E-state index is 12.5. The topological polar surface area (TPSA) is 55.1 Å². The van der Waals surface area contributed by atoms with Crippen molar-refractivity contribution in [2.45, 2.75) is 19.7 Å². The van der Waals surface area contributed by atoms with E-state index in [0.717, 1.165) is 12.1 Å². The lowest BCUT2D eigenvalue weighted by molar-refractivity contribution is -0.137. The summed E-state index contributed by atoms with van der Waals surface area (Å²) in [4.78, 5) is 11.5. The normalized spacial score (nSPS) is 11.7. The zero-order valence-electron chi connectivity index (χ0n) is 10.5. The predicted octanol–water partition coefficient (Wildman–Crippen LogP) is 2.05. The van der Waals surface area contributed by atoms with E-state index in [2.05, 4.69) is 5.10 Å². The second kappa shape index (κ2) is 5.09. The molecule has 1 aromatic carbocycles. The molecule has 0 atom stereocenters. The molecule has 4 nitrogen and oxygen atoms in total. The van der Waals surface area contributed by atoms with Crippen molar-refractivity contribution >= 4 is 0 Å². The van der Waals surface area contributed by atoms with Crippen molar-refractivity contribution in [3.05, 3.63) is 57.5 Å². The molecule has 0 spiro atoms. The minimum Gasteiger partial charge on any atom is -0.390 e. The van der Waals surface area contributed by atoms with Crippen LogP contribution in [0.3, 0.4) is 0 Å². The SMILES string of the molecule is Cc1cc(=O)c(CO)nn1-c1ccc(C(F)(F)F)cc1. The molecular formula is C13H11F3N2O2. The van der Waals surface area contributed by atoms with Gasteiger partial charge in [-0.15, -0.1) is 0 Å². The summed E-state index contributed by atoms with van der Waals surface area (Å²) >= 11 is 0. The number of alkyl halides is 3. The number of benzene rings is 1. The van der Waals surface area contributed by atoms with Gasteiger partial charge in [0.2, 0.25) is 5.43 Å². The molecular weight excluding hydrogens is 273 g/mol. The molecule has 0 aliphatic rings. The molecule has 0 saturated heterocycles. The monoisotopic (exact) mass is 284 g/mol. The standard InChI is InChI=1S/C13H11F3N2O2/c1-8-6-12(20)11(7-19)17-18(8)10-4-2-9(3-5-10)13(14,15)16/h2-6,19H,7H2,1H3. The minimum absolute atomic E-state index is 0.0597. The van der Waals surface area contributed by atoms with E-state index in [1.165, 1.54) is 22.9 Å². The van der Waals surface area contributed by atoms with Crippen LogP contribution < -0.4 is 5.43 Å². The smallest absolute Gasteiger partial charge is 0.390 e. The highest BCUT2D eigenvalue weighted by atomic mass is 19.4. The Morgan fingerprint density at radius 2 is 1.85 bits per heavy atom. The van der Waals surface area contributed by atoms with Crippen molar-refractivity contribution in [3.63, 3.8) is 0 Å². The Balaban J connectivity index is 2.49. The Labute approximate surface area is 112 Å². The fraction of sp³-hybridized carbons (Fsp3) is 0.231. The van der Waals surface area contributed by atoms with Crippen molar-refractivity contribution < 1.29 is 18.3 Å². The van der Waals surface area contributed by atoms with Crippen LogP contribution in [0, 0.1) is 6.92 Å². The number of aromatic nitrogens is 2. The van der Waals surface area contributed by atoms with Gasteiger partial charge in [-0.1, -0.05) is 0 Å². The molecule has 1 N–H and O–H groups in total. The van der Waals surface area contributed by atoms with Gasteiger partial charge in [-0.3, -0.25) is 4.79 Å². The predicted molar refractivity (Wildman–Crippen MR) is 65.5 cm³/mol. The molecule has 0 bridgehead atoms. The molecule has 0 fully saturated rings. The first kappa shape index (κ1) is 14.3. The van der Waals surface area contributed by atoms with Crippen molar-refractivity contribution in [2.75, 3.05) is 0 Å². The number of aliphatic hydroxyl groups excluding tert-OH is 1. The van der Waals surface area contributed by atoms with E-state index in [0.29, 0.717) is 11.4 Å². The molecule has 0 aliphatic carbocycles. The van der Waals surface area contributed by atoms with E-state index in [1.54, 1.807) is 6.92 Å². The van der Waals surface area contributed by atoms with Gasteiger partial charge in [-0.25, -0.2) is 4.68 Å². The highest BCUT2D eigenvalue weighted by molar-refractivity contribution is 5.36. The second-order valence-corrected chi connectivity index (χ2v) is 4.21. The third-order valence-electron chi connectivity index (χ3n) is 2.77. The number of aryl methyl sites for hydroxylation is 1. The number of aliphatic hydroxyl groups is 1. The molecule has 0 unspecified atom stereocenters. The lowest BCUT2D eigenvalue weighted by atomic mass is 10.2. The van der Waals surface area contributed by atoms with Crippen LogP contribution in [0.2, 0.25) is 0 Å². The largest absolute Gasteiger partial charge is 0.416 e. The Morgan fingerprint density at radius 1 is 1.25 bits per heavy atom. The lowest BCUT2D eigenvalue weighted by Crippen LogP contribution is -2.18. The number of hydrogen-bond donors (Lipinski definition) is 1. The zero-order chi connectivity index (χ0) is 14.9. The fourth-order valence-electron chi connectivity index (χ4n) is 1.75. The number of nitrogens with zero attached hydrogens (tertiary/aromatic N) is 2. The molecule has 2 aromatic rings. The molecule has 0 saturated carbocycles. The summed E-state index contributed by atoms with van der Waals surface area (Å²) in [7, 11) is 0. The highest BCUT2D eigenvalue weighted by Crippen LogP contribution is 2.29. The maximum Gasteiger partial charge on any atom is 0.416 e. The highest BCUT2D eigenvalue weighted by Gasteiger charge is 2.30. The zero-order valence-corrected chi connectivity index (χ0v) is 10.5. The fourth-order valence-corrected chi connectivity index (χ4v) is 1.75. The average Bonchev–Trinajstić information content (AvgIpc) is 2.38. The van der Waals surface area contributed by atoms with Crippen LogP contribution in [0.4, 0.5) is 13.2 Å². The molecule has 0 amide bonds. The van der Waals surface area contributed by atoms with Gasteiger partial charge in [-0.2, -0.15) is 18.3 Å². The molecule has 1 heterocycles. The summed E-state index contributed by atoms with van der Waals surface area (Å²) in [6.07, 6.45) is -4.40. The van der Waals surface area contributed by atoms with Crippen molar-refractivity contribution in [3.8, 4) is 5.69 Å². The number of hydrogen-bond acceptors (Lipinski definition) is 3. The summed E-state index contributed by atoms with van der Waals surface area (Å²) in [6.45, 7) is 1.08. The maximum absolute atomic E-state index is 12.5. The first-order valence-electron chi connectivity index (χ1n) is 5.71. The number of rotatable bonds is 2. The molecule has 0 radical (unpaired) electrons. The van der Waals surface area contributed by atoms with E-state index >= 15 is 0 Å². The quantitative estimate of drug-likeness (QED) is 0.918. The van der Waals surface area contributed by atoms with Crippen LogP contribution in [0.1, 0.15) is 17.0 Å². The summed E-state index contributed by atoms with van der Waals surface area (Å²) < 4.78 is 38.7. The third-order valence-corrected chi connectivity index (χ3v) is 2.77. The van der Waals surface area contributed by atoms with Crippen LogP contribution in [0.5, 0.6) is 0 Å². The van der Waals surface area contributed by atoms with E-state index in [1.807, 2.05) is 0 Å². The van der Waals surface area contributed by atoms with Gasteiger partial charge in [0.25, 0.3) is 0 Å². The molecule has 20 heavy (non-hydrogen) atoms. The summed E-state index contributed by atoms with van der Waals surface area (Å²) in [5, 5.41) is 12.9. The summed E-state index contributed by atoms with van der Waals surface area (Å²) in [6, 6.07) is 5.67. The van der Waals surface area contributed by atoms with Crippen LogP contribution in [0.15, 0.2) is 35.1 Å². The van der Waals surface area contributed by atoms with Crippen molar-refractivity contribution in [2.24, 2.45) is 0 Å². The third kappa shape index (κ3) is 2.72. The Morgan fingerprint density at radius 3 is 2.35 bits per heavy atom. The van der Waals surface area contributed by atoms with Gasteiger partial charge in [0.05, 0.1) is 17.9 Å².